The van der Waals surface area contributed by atoms with Crippen LogP contribution in [0.4, 0.5) is 0 Å². The molecule has 1 aliphatic rings. The zero-order chi connectivity index (χ0) is 17.6. The first-order valence-corrected chi connectivity index (χ1v) is 7.71. The molecule has 0 aliphatic heterocycles. The molecule has 4 rings (SSSR count). The first-order chi connectivity index (χ1) is 12.1. The number of carboxylic acid groups (broad SMARTS) is 1. The van der Waals surface area contributed by atoms with E-state index in [0.717, 1.165) is 11.3 Å². The van der Waals surface area contributed by atoms with Crippen molar-refractivity contribution in [3.63, 3.8) is 0 Å². The topological polar surface area (TPSA) is 128 Å². The minimum absolute atomic E-state index is 0.0905. The third kappa shape index (κ3) is 2.25. The summed E-state index contributed by atoms with van der Waals surface area (Å²) in [5.74, 6) is -1.15. The highest BCUT2D eigenvalue weighted by atomic mass is 16.4. The second kappa shape index (κ2) is 5.49. The van der Waals surface area contributed by atoms with Crippen LogP contribution in [0, 0.1) is 11.3 Å². The number of H-pyrrole nitrogens is 2. The van der Waals surface area contributed by atoms with E-state index in [1.165, 1.54) is 0 Å². The Morgan fingerprint density at radius 2 is 2.04 bits per heavy atom. The summed E-state index contributed by atoms with van der Waals surface area (Å²) in [6, 6.07) is 9.34. The molecular formula is C17H13N5O3. The molecule has 2 heterocycles. The molecule has 1 aliphatic carbocycles. The Balaban J connectivity index is 1.91. The highest BCUT2D eigenvalue weighted by molar-refractivity contribution is 5.95. The largest absolute Gasteiger partial charge is 0.476 e. The third-order valence-corrected chi connectivity index (χ3v) is 4.39. The quantitative estimate of drug-likeness (QED) is 0.667. The Labute approximate surface area is 141 Å². The van der Waals surface area contributed by atoms with Gasteiger partial charge in [-0.1, -0.05) is 12.1 Å². The molecule has 3 aromatic rings. The predicted octanol–water partition coefficient (Wildman–Crippen LogP) is 1.42. The standard InChI is InChI=1S/C17H13N5O3/c18-8-7-9-1-3-10(4-2-9)22-12-6-5-11-14(19-20-16(11)23)13(12)15(21-22)17(24)25/h1-4H,5-7H2,(H,24,25)(H2,19,20,23). The van der Waals surface area contributed by atoms with Gasteiger partial charge in [-0.2, -0.15) is 10.4 Å². The van der Waals surface area contributed by atoms with E-state index in [9.17, 15) is 14.7 Å². The van der Waals surface area contributed by atoms with Gasteiger partial charge in [0, 0.05) is 5.56 Å². The van der Waals surface area contributed by atoms with E-state index < -0.39 is 5.97 Å². The molecule has 124 valence electrons. The summed E-state index contributed by atoms with van der Waals surface area (Å²) < 4.78 is 1.60. The van der Waals surface area contributed by atoms with Crippen LogP contribution in [-0.2, 0) is 19.3 Å². The van der Waals surface area contributed by atoms with Crippen LogP contribution in [-0.4, -0.2) is 31.1 Å². The van der Waals surface area contributed by atoms with Gasteiger partial charge in [0.1, 0.15) is 0 Å². The second-order valence-corrected chi connectivity index (χ2v) is 5.82. The van der Waals surface area contributed by atoms with Crippen molar-refractivity contribution < 1.29 is 9.90 Å². The van der Waals surface area contributed by atoms with Gasteiger partial charge >= 0.3 is 5.97 Å². The van der Waals surface area contributed by atoms with Gasteiger partial charge in [-0.15, -0.1) is 0 Å². The summed E-state index contributed by atoms with van der Waals surface area (Å²) in [5.41, 5.74) is 3.52. The molecule has 25 heavy (non-hydrogen) atoms. The summed E-state index contributed by atoms with van der Waals surface area (Å²) in [5, 5.41) is 27.8. The zero-order valence-electron chi connectivity index (χ0n) is 13.0. The minimum Gasteiger partial charge on any atom is -0.476 e. The lowest BCUT2D eigenvalue weighted by Gasteiger charge is -2.14. The van der Waals surface area contributed by atoms with Crippen LogP contribution in [0.25, 0.3) is 16.9 Å². The van der Waals surface area contributed by atoms with Crippen LogP contribution in [0.5, 0.6) is 0 Å². The molecule has 8 nitrogen and oxygen atoms in total. The molecule has 2 aromatic heterocycles. The van der Waals surface area contributed by atoms with E-state index in [-0.39, 0.29) is 11.3 Å². The van der Waals surface area contributed by atoms with Gasteiger partial charge in [-0.3, -0.25) is 15.0 Å². The highest BCUT2D eigenvalue weighted by Crippen LogP contribution is 2.34. The van der Waals surface area contributed by atoms with Crippen molar-refractivity contribution >= 4 is 5.97 Å². The molecule has 0 unspecified atom stereocenters. The molecule has 0 radical (unpaired) electrons. The molecule has 0 saturated carbocycles. The van der Waals surface area contributed by atoms with Crippen molar-refractivity contribution in [1.29, 1.82) is 5.26 Å². The molecule has 0 atom stereocenters. The summed E-state index contributed by atoms with van der Waals surface area (Å²) in [6.07, 6.45) is 1.34. The Morgan fingerprint density at radius 1 is 1.28 bits per heavy atom. The molecular weight excluding hydrogens is 322 g/mol. The zero-order valence-corrected chi connectivity index (χ0v) is 13.0. The second-order valence-electron chi connectivity index (χ2n) is 5.82. The van der Waals surface area contributed by atoms with Crippen LogP contribution < -0.4 is 5.56 Å². The van der Waals surface area contributed by atoms with E-state index in [2.05, 4.69) is 21.4 Å². The summed E-state index contributed by atoms with van der Waals surface area (Å²) >= 11 is 0. The van der Waals surface area contributed by atoms with E-state index in [1.54, 1.807) is 16.8 Å². The number of nitrogens with one attached hydrogen (secondary N) is 2. The number of carbonyl (C=O) groups is 1. The normalized spacial score (nSPS) is 12.3. The molecule has 0 amide bonds. The fraction of sp³-hybridized carbons (Fsp3) is 0.176. The van der Waals surface area contributed by atoms with Crippen LogP contribution in [0.3, 0.4) is 0 Å². The summed E-state index contributed by atoms with van der Waals surface area (Å²) in [6.45, 7) is 0. The number of rotatable bonds is 3. The van der Waals surface area contributed by atoms with Crippen molar-refractivity contribution in [2.45, 2.75) is 19.3 Å². The maximum atomic E-state index is 11.8. The summed E-state index contributed by atoms with van der Waals surface area (Å²) in [7, 11) is 0. The highest BCUT2D eigenvalue weighted by Gasteiger charge is 2.31. The first-order valence-electron chi connectivity index (χ1n) is 7.71. The monoisotopic (exact) mass is 335 g/mol. The van der Waals surface area contributed by atoms with Gasteiger partial charge in [0.2, 0.25) is 0 Å². The molecule has 1 aromatic carbocycles. The Kier molecular flexibility index (Phi) is 3.28. The SMILES string of the molecule is N#CCc1ccc(-n2nc(C(=O)O)c3c2CCc2c-3[nH][nH]c2=O)cc1. The first kappa shape index (κ1) is 15.0. The number of carboxylic acids is 1. The van der Waals surface area contributed by atoms with E-state index >= 15 is 0 Å². The average Bonchev–Trinajstić information content (AvgIpc) is 3.17. The molecule has 0 bridgehead atoms. The van der Waals surface area contributed by atoms with Crippen molar-refractivity contribution in [2.75, 3.05) is 0 Å². The number of hydrogen-bond acceptors (Lipinski definition) is 4. The van der Waals surface area contributed by atoms with Gasteiger partial charge in [-0.05, 0) is 30.5 Å². The van der Waals surface area contributed by atoms with Gasteiger partial charge in [0.25, 0.3) is 5.56 Å². The molecule has 0 fully saturated rings. The molecule has 8 heteroatoms. The number of hydrogen-bond donors (Lipinski definition) is 3. The van der Waals surface area contributed by atoms with Gasteiger partial charge in [-0.25, -0.2) is 9.48 Å². The predicted molar refractivity (Wildman–Crippen MR) is 87.7 cm³/mol. The number of nitriles is 1. The lowest BCUT2D eigenvalue weighted by atomic mass is 9.93. The molecule has 0 saturated heterocycles. The lowest BCUT2D eigenvalue weighted by Crippen LogP contribution is -2.13. The van der Waals surface area contributed by atoms with Gasteiger partial charge < -0.3 is 5.11 Å². The van der Waals surface area contributed by atoms with E-state index in [0.29, 0.717) is 41.8 Å². The van der Waals surface area contributed by atoms with Crippen molar-refractivity contribution in [2.24, 2.45) is 0 Å². The number of aromatic amines is 2. The van der Waals surface area contributed by atoms with Crippen molar-refractivity contribution in [3.8, 4) is 23.0 Å². The van der Waals surface area contributed by atoms with Crippen LogP contribution in [0.1, 0.15) is 27.3 Å². The van der Waals surface area contributed by atoms with E-state index in [1.807, 2.05) is 12.1 Å². The Bertz CT molecular complexity index is 1080. The maximum absolute atomic E-state index is 11.8. The average molecular weight is 335 g/mol. The van der Waals surface area contributed by atoms with Crippen LogP contribution in [0.15, 0.2) is 29.1 Å². The fourth-order valence-corrected chi connectivity index (χ4v) is 3.24. The van der Waals surface area contributed by atoms with Crippen LogP contribution in [0.2, 0.25) is 0 Å². The van der Waals surface area contributed by atoms with Gasteiger partial charge in [0.15, 0.2) is 5.69 Å². The van der Waals surface area contributed by atoms with Crippen molar-refractivity contribution in [1.82, 2.24) is 20.0 Å². The number of aromatic carboxylic acids is 1. The van der Waals surface area contributed by atoms with Crippen molar-refractivity contribution in [3.05, 3.63) is 57.1 Å². The molecule has 3 N–H and O–H groups in total. The molecule has 0 spiro atoms. The van der Waals surface area contributed by atoms with Gasteiger partial charge in [0.05, 0.1) is 35.1 Å². The lowest BCUT2D eigenvalue weighted by molar-refractivity contribution is 0.0690. The fourth-order valence-electron chi connectivity index (χ4n) is 3.24. The maximum Gasteiger partial charge on any atom is 0.357 e. The number of aromatic nitrogens is 4. The Hall–Kier alpha value is -3.60. The van der Waals surface area contributed by atoms with E-state index in [4.69, 9.17) is 5.26 Å². The summed E-state index contributed by atoms with van der Waals surface area (Å²) in [4.78, 5) is 23.5. The number of fused-ring (bicyclic) bond motifs is 3. The smallest absolute Gasteiger partial charge is 0.357 e. The number of nitrogens with zero attached hydrogens (tertiary/aromatic N) is 3. The minimum atomic E-state index is -1.15. The van der Waals surface area contributed by atoms with Crippen LogP contribution >= 0.6 is 0 Å². The number of benzene rings is 1. The Morgan fingerprint density at radius 3 is 2.72 bits per heavy atom. The third-order valence-electron chi connectivity index (χ3n) is 4.39.